The van der Waals surface area contributed by atoms with Gasteiger partial charge in [0.2, 0.25) is 0 Å². The van der Waals surface area contributed by atoms with Crippen molar-refractivity contribution in [2.24, 2.45) is 0 Å². The minimum atomic E-state index is 0. The molecule has 2 aromatic heterocycles. The van der Waals surface area contributed by atoms with Crippen molar-refractivity contribution in [1.82, 2.24) is 24.6 Å². The molecule has 0 spiro atoms. The first kappa shape index (κ1) is 22.7. The van der Waals surface area contributed by atoms with Gasteiger partial charge in [0, 0.05) is 57.2 Å². The zero-order valence-corrected chi connectivity index (χ0v) is 18.6. The van der Waals surface area contributed by atoms with Crippen LogP contribution >= 0.6 is 12.4 Å². The number of methoxy groups -OCH3 is 1. The van der Waals surface area contributed by atoms with Gasteiger partial charge in [0.15, 0.2) is 5.78 Å². The lowest BCUT2D eigenvalue weighted by Crippen LogP contribution is -2.46. The molecule has 0 aliphatic carbocycles. The van der Waals surface area contributed by atoms with E-state index in [1.807, 2.05) is 19.1 Å². The number of piperazine rings is 1. The molecule has 0 radical (unpaired) electrons. The first-order valence-corrected chi connectivity index (χ1v) is 10.1. The number of carbonyl (C=O) groups is 1. The summed E-state index contributed by atoms with van der Waals surface area (Å²) in [5.41, 5.74) is 2.62. The molecule has 4 rings (SSSR count). The van der Waals surface area contributed by atoms with Crippen molar-refractivity contribution < 1.29 is 9.53 Å². The largest absolute Gasteiger partial charge is 0.497 e. The van der Waals surface area contributed by atoms with E-state index in [9.17, 15) is 4.79 Å². The van der Waals surface area contributed by atoms with E-state index < -0.39 is 0 Å². The molecule has 3 aromatic rings. The molecular weight excluding hydrogens is 416 g/mol. The van der Waals surface area contributed by atoms with Crippen LogP contribution in [0.1, 0.15) is 22.5 Å². The molecule has 0 unspecified atom stereocenters. The lowest BCUT2D eigenvalue weighted by Gasteiger charge is -2.36. The Bertz CT molecular complexity index is 985. The Morgan fingerprint density at radius 3 is 2.39 bits per heavy atom. The summed E-state index contributed by atoms with van der Waals surface area (Å²) < 4.78 is 6.84. The van der Waals surface area contributed by atoms with Crippen molar-refractivity contribution in [3.05, 3.63) is 60.2 Å². The summed E-state index contributed by atoms with van der Waals surface area (Å²) in [6.45, 7) is 6.41. The first-order valence-electron chi connectivity index (χ1n) is 10.1. The molecule has 0 amide bonds. The molecule has 0 atom stereocenters. The van der Waals surface area contributed by atoms with Gasteiger partial charge in [-0.1, -0.05) is 0 Å². The van der Waals surface area contributed by atoms with Crippen LogP contribution in [0.4, 0.5) is 5.69 Å². The van der Waals surface area contributed by atoms with E-state index in [4.69, 9.17) is 4.74 Å². The Hall–Kier alpha value is -2.97. The quantitative estimate of drug-likeness (QED) is 0.520. The number of benzene rings is 1. The molecule has 0 saturated carbocycles. The van der Waals surface area contributed by atoms with Crippen LogP contribution in [-0.2, 0) is 0 Å². The summed E-state index contributed by atoms with van der Waals surface area (Å²) in [5.74, 6) is 1.45. The molecule has 9 heteroatoms. The fourth-order valence-corrected chi connectivity index (χ4v) is 3.70. The summed E-state index contributed by atoms with van der Waals surface area (Å²) >= 11 is 0. The number of aromatic nitrogens is 4. The Morgan fingerprint density at radius 1 is 1.06 bits per heavy atom. The smallest absolute Gasteiger partial charge is 0.250 e. The van der Waals surface area contributed by atoms with E-state index in [0.717, 1.165) is 44.2 Å². The lowest BCUT2D eigenvalue weighted by molar-refractivity contribution is 0.0962. The van der Waals surface area contributed by atoms with Gasteiger partial charge >= 0.3 is 0 Å². The van der Waals surface area contributed by atoms with E-state index in [-0.39, 0.29) is 18.2 Å². The predicted octanol–water partition coefficient (Wildman–Crippen LogP) is 2.80. The Kier molecular flexibility index (Phi) is 7.59. The van der Waals surface area contributed by atoms with E-state index >= 15 is 0 Å². The summed E-state index contributed by atoms with van der Waals surface area (Å²) in [6.07, 6.45) is 5.42. The van der Waals surface area contributed by atoms with Crippen molar-refractivity contribution in [3.8, 4) is 11.7 Å². The Labute approximate surface area is 188 Å². The molecule has 8 nitrogen and oxygen atoms in total. The molecular formula is C22H27ClN6O2. The highest BCUT2D eigenvalue weighted by atomic mass is 35.5. The average molecular weight is 443 g/mol. The molecule has 3 heterocycles. The lowest BCUT2D eigenvalue weighted by atomic mass is 10.1. The fraction of sp³-hybridized carbons (Fsp3) is 0.364. The third kappa shape index (κ3) is 5.21. The highest BCUT2D eigenvalue weighted by Gasteiger charge is 2.20. The highest BCUT2D eigenvalue weighted by molar-refractivity contribution is 5.97. The van der Waals surface area contributed by atoms with Crippen LogP contribution in [0.3, 0.4) is 0 Å². The van der Waals surface area contributed by atoms with Crippen LogP contribution < -0.4 is 9.64 Å². The number of halogens is 1. The molecule has 0 N–H and O–H groups in total. The zero-order chi connectivity index (χ0) is 20.9. The molecule has 1 aliphatic heterocycles. The number of nitrogens with zero attached hydrogens (tertiary/aromatic N) is 6. The van der Waals surface area contributed by atoms with Gasteiger partial charge < -0.3 is 9.64 Å². The molecule has 164 valence electrons. The second-order valence-electron chi connectivity index (χ2n) is 7.30. The molecule has 0 bridgehead atoms. The maximum atomic E-state index is 12.8. The maximum absolute atomic E-state index is 12.8. The Balaban J connectivity index is 0.00000272. The predicted molar refractivity (Wildman–Crippen MR) is 122 cm³/mol. The topological polar surface area (TPSA) is 76.4 Å². The third-order valence-electron chi connectivity index (χ3n) is 5.52. The number of carbonyl (C=O) groups excluding carboxylic acids is 1. The summed E-state index contributed by atoms with van der Waals surface area (Å²) in [7, 11) is 1.68. The van der Waals surface area contributed by atoms with Crippen LogP contribution in [0.2, 0.25) is 0 Å². The van der Waals surface area contributed by atoms with Crippen molar-refractivity contribution in [1.29, 1.82) is 0 Å². The second kappa shape index (κ2) is 10.4. The van der Waals surface area contributed by atoms with Gasteiger partial charge in [-0.05, 0) is 37.3 Å². The van der Waals surface area contributed by atoms with Gasteiger partial charge in [-0.15, -0.1) is 12.4 Å². The van der Waals surface area contributed by atoms with E-state index in [1.165, 1.54) is 5.69 Å². The standard InChI is InChI=1S/C22H26N6O2.ClH/c1-17-20(16-25-28(17)22-23-9-3-10-24-22)21(29)8-11-26-12-14-27(15-13-26)18-4-6-19(30-2)7-5-18;/h3-7,9-10,16H,8,11-15H2,1-2H3;1H. The minimum Gasteiger partial charge on any atom is -0.497 e. The van der Waals surface area contributed by atoms with E-state index in [0.29, 0.717) is 17.9 Å². The van der Waals surface area contributed by atoms with Gasteiger partial charge in [-0.2, -0.15) is 5.10 Å². The van der Waals surface area contributed by atoms with Crippen LogP contribution in [-0.4, -0.2) is 70.3 Å². The third-order valence-corrected chi connectivity index (χ3v) is 5.52. The number of ether oxygens (including phenoxy) is 1. The van der Waals surface area contributed by atoms with E-state index in [2.05, 4.69) is 37.0 Å². The average Bonchev–Trinajstić information content (AvgIpc) is 3.20. The maximum Gasteiger partial charge on any atom is 0.250 e. The van der Waals surface area contributed by atoms with Crippen molar-refractivity contribution in [3.63, 3.8) is 0 Å². The first-order chi connectivity index (χ1) is 14.7. The molecule has 31 heavy (non-hydrogen) atoms. The van der Waals surface area contributed by atoms with Gasteiger partial charge in [0.05, 0.1) is 24.6 Å². The van der Waals surface area contributed by atoms with Crippen molar-refractivity contribution in [2.75, 3.05) is 44.7 Å². The SMILES string of the molecule is COc1ccc(N2CCN(CCC(=O)c3cnn(-c4ncccn4)c3C)CC2)cc1.Cl. The molecule has 1 aliphatic rings. The number of hydrogen-bond acceptors (Lipinski definition) is 7. The molecule has 1 aromatic carbocycles. The van der Waals surface area contributed by atoms with Gasteiger partial charge in [-0.3, -0.25) is 9.69 Å². The molecule has 1 saturated heterocycles. The van der Waals surface area contributed by atoms with Gasteiger partial charge in [-0.25, -0.2) is 14.6 Å². The highest BCUT2D eigenvalue weighted by Crippen LogP contribution is 2.21. The van der Waals surface area contributed by atoms with Crippen molar-refractivity contribution >= 4 is 23.9 Å². The number of ketones is 1. The molecule has 1 fully saturated rings. The van der Waals surface area contributed by atoms with Crippen molar-refractivity contribution in [2.45, 2.75) is 13.3 Å². The van der Waals surface area contributed by atoms with Crippen LogP contribution in [0.15, 0.2) is 48.9 Å². The Morgan fingerprint density at radius 2 is 1.74 bits per heavy atom. The zero-order valence-electron chi connectivity index (χ0n) is 17.8. The number of hydrogen-bond donors (Lipinski definition) is 0. The second-order valence-corrected chi connectivity index (χ2v) is 7.30. The van der Waals surface area contributed by atoms with Gasteiger partial charge in [0.1, 0.15) is 5.75 Å². The van der Waals surface area contributed by atoms with E-state index in [1.54, 1.807) is 36.4 Å². The monoisotopic (exact) mass is 442 g/mol. The summed E-state index contributed by atoms with van der Waals surface area (Å²) in [4.78, 5) is 25.9. The van der Waals surface area contributed by atoms with Crippen LogP contribution in [0.5, 0.6) is 5.75 Å². The normalized spacial score (nSPS) is 14.2. The van der Waals surface area contributed by atoms with Gasteiger partial charge in [0.25, 0.3) is 5.95 Å². The number of anilines is 1. The number of rotatable bonds is 7. The summed E-state index contributed by atoms with van der Waals surface area (Å²) in [6, 6.07) is 9.92. The summed E-state index contributed by atoms with van der Waals surface area (Å²) in [5, 5.41) is 4.30. The number of Topliss-reactive ketones (excluding diaryl/α,β-unsaturated/α-hetero) is 1. The van der Waals surface area contributed by atoms with Crippen LogP contribution in [0.25, 0.3) is 5.95 Å². The van der Waals surface area contributed by atoms with Crippen LogP contribution in [0, 0.1) is 6.92 Å². The fourth-order valence-electron chi connectivity index (χ4n) is 3.70. The minimum absolute atomic E-state index is 0.